The average Bonchev–Trinajstić information content (AvgIpc) is 3.25. The van der Waals surface area contributed by atoms with Crippen molar-refractivity contribution in [2.24, 2.45) is 12.0 Å². The van der Waals surface area contributed by atoms with E-state index in [0.29, 0.717) is 25.2 Å². The quantitative estimate of drug-likeness (QED) is 0.395. The normalized spacial score (nSPS) is 21.6. The van der Waals surface area contributed by atoms with E-state index in [-0.39, 0.29) is 29.9 Å². The fourth-order valence-corrected chi connectivity index (χ4v) is 3.86. The third-order valence-electron chi connectivity index (χ3n) is 5.79. The molecule has 2 aliphatic carbocycles. The zero-order valence-electron chi connectivity index (χ0n) is 16.2. The number of amides is 1. The third kappa shape index (κ3) is 4.72. The van der Waals surface area contributed by atoms with Gasteiger partial charge in [0.25, 0.3) is 0 Å². The lowest BCUT2D eigenvalue weighted by atomic mass is 10.2. The summed E-state index contributed by atoms with van der Waals surface area (Å²) in [7, 11) is 1.96. The number of guanidine groups is 1. The Balaban J connectivity index is 0.00000210. The molecule has 0 spiro atoms. The van der Waals surface area contributed by atoms with Gasteiger partial charge >= 0.3 is 0 Å². The summed E-state index contributed by atoms with van der Waals surface area (Å²) in [6, 6.07) is 0.959. The van der Waals surface area contributed by atoms with Crippen molar-refractivity contribution in [2.45, 2.75) is 64.1 Å². The predicted molar refractivity (Wildman–Crippen MR) is 114 cm³/mol. The first-order valence-corrected chi connectivity index (χ1v) is 9.82. The second-order valence-electron chi connectivity index (χ2n) is 7.73. The first-order chi connectivity index (χ1) is 12.6. The molecule has 9 heteroatoms. The molecule has 1 N–H and O–H groups in total. The minimum atomic E-state index is 0. The van der Waals surface area contributed by atoms with Crippen molar-refractivity contribution in [2.75, 3.05) is 19.6 Å². The highest BCUT2D eigenvalue weighted by atomic mass is 127. The molecule has 0 atom stereocenters. The Bertz CT molecular complexity index is 694. The number of aromatic nitrogens is 3. The lowest BCUT2D eigenvalue weighted by Crippen LogP contribution is -2.56. The Morgan fingerprint density at radius 3 is 2.52 bits per heavy atom. The first-order valence-electron chi connectivity index (χ1n) is 9.82. The zero-order valence-corrected chi connectivity index (χ0v) is 18.6. The molecule has 2 heterocycles. The Kier molecular flexibility index (Phi) is 6.59. The first kappa shape index (κ1) is 20.3. The zero-order chi connectivity index (χ0) is 18.1. The van der Waals surface area contributed by atoms with Crippen molar-refractivity contribution in [3.8, 4) is 0 Å². The molecule has 0 unspecified atom stereocenters. The van der Waals surface area contributed by atoms with Gasteiger partial charge in [-0.05, 0) is 32.6 Å². The lowest BCUT2D eigenvalue weighted by Gasteiger charge is -2.37. The van der Waals surface area contributed by atoms with E-state index in [4.69, 9.17) is 4.99 Å². The molecule has 4 rings (SSSR count). The van der Waals surface area contributed by atoms with Gasteiger partial charge in [-0.2, -0.15) is 0 Å². The van der Waals surface area contributed by atoms with Crippen LogP contribution in [-0.2, 0) is 18.4 Å². The Labute approximate surface area is 177 Å². The van der Waals surface area contributed by atoms with E-state index in [9.17, 15) is 4.79 Å². The smallest absolute Gasteiger partial charge is 0.242 e. The number of piperazine rings is 1. The summed E-state index contributed by atoms with van der Waals surface area (Å²) >= 11 is 0. The van der Waals surface area contributed by atoms with Crippen LogP contribution in [0.1, 0.15) is 50.2 Å². The van der Waals surface area contributed by atoms with E-state index in [0.717, 1.165) is 30.7 Å². The van der Waals surface area contributed by atoms with Gasteiger partial charge < -0.3 is 19.7 Å². The maximum Gasteiger partial charge on any atom is 0.242 e. The summed E-state index contributed by atoms with van der Waals surface area (Å²) in [5.41, 5.74) is 0. The number of carbonyl (C=O) groups is 1. The van der Waals surface area contributed by atoms with Crippen LogP contribution in [0.15, 0.2) is 4.99 Å². The molecule has 0 aromatic carbocycles. The largest absolute Gasteiger partial charge is 0.353 e. The molecule has 1 amide bonds. The van der Waals surface area contributed by atoms with Crippen molar-refractivity contribution >= 4 is 35.8 Å². The van der Waals surface area contributed by atoms with Gasteiger partial charge in [-0.25, -0.2) is 4.99 Å². The van der Waals surface area contributed by atoms with Gasteiger partial charge in [0.15, 0.2) is 11.8 Å². The van der Waals surface area contributed by atoms with E-state index in [2.05, 4.69) is 25.3 Å². The number of nitrogens with one attached hydrogen (secondary N) is 1. The SMILES string of the molecule is Cc1nnc(CN=C(NC2CCCC2)N2CCN(C3CC3)C(=O)C2)n1C.I. The minimum Gasteiger partial charge on any atom is -0.353 e. The van der Waals surface area contributed by atoms with Crippen LogP contribution in [0.5, 0.6) is 0 Å². The predicted octanol–water partition coefficient (Wildman–Crippen LogP) is 1.44. The van der Waals surface area contributed by atoms with Crippen molar-refractivity contribution < 1.29 is 4.79 Å². The molecule has 27 heavy (non-hydrogen) atoms. The number of halogens is 1. The third-order valence-corrected chi connectivity index (χ3v) is 5.79. The van der Waals surface area contributed by atoms with Gasteiger partial charge in [0.05, 0.1) is 6.54 Å². The van der Waals surface area contributed by atoms with Crippen LogP contribution in [0.3, 0.4) is 0 Å². The van der Waals surface area contributed by atoms with E-state index >= 15 is 0 Å². The topological polar surface area (TPSA) is 78.7 Å². The minimum absolute atomic E-state index is 0. The number of rotatable bonds is 4. The number of aliphatic imine (C=N–C) groups is 1. The highest BCUT2D eigenvalue weighted by molar-refractivity contribution is 14.0. The Morgan fingerprint density at radius 2 is 1.93 bits per heavy atom. The standard InChI is InChI=1S/C18H29N7O.HI/c1-13-21-22-16(23(13)2)11-19-18(20-14-5-3-4-6-14)24-9-10-25(15-7-8-15)17(26)12-24;/h14-15H,3-12H2,1-2H3,(H,19,20);1H. The molecule has 150 valence electrons. The van der Waals surface area contributed by atoms with Crippen molar-refractivity contribution in [3.05, 3.63) is 11.6 Å². The van der Waals surface area contributed by atoms with Crippen LogP contribution < -0.4 is 5.32 Å². The number of aryl methyl sites for hydroxylation is 1. The summed E-state index contributed by atoms with van der Waals surface area (Å²) in [5, 5.41) is 11.9. The van der Waals surface area contributed by atoms with Gasteiger partial charge in [-0.1, -0.05) is 12.8 Å². The number of nitrogens with zero attached hydrogens (tertiary/aromatic N) is 6. The van der Waals surface area contributed by atoms with Crippen LogP contribution >= 0.6 is 24.0 Å². The number of carbonyl (C=O) groups excluding carboxylic acids is 1. The van der Waals surface area contributed by atoms with E-state index in [1.54, 1.807) is 0 Å². The van der Waals surface area contributed by atoms with Crippen LogP contribution in [0.2, 0.25) is 0 Å². The molecular weight excluding hydrogens is 457 g/mol. The van der Waals surface area contributed by atoms with Crippen LogP contribution in [0.4, 0.5) is 0 Å². The number of hydrogen-bond donors (Lipinski definition) is 1. The second-order valence-corrected chi connectivity index (χ2v) is 7.73. The summed E-state index contributed by atoms with van der Waals surface area (Å²) in [4.78, 5) is 21.5. The maximum absolute atomic E-state index is 12.5. The van der Waals surface area contributed by atoms with E-state index in [1.807, 2.05) is 18.5 Å². The van der Waals surface area contributed by atoms with Crippen molar-refractivity contribution in [1.82, 2.24) is 29.9 Å². The fourth-order valence-electron chi connectivity index (χ4n) is 3.86. The summed E-state index contributed by atoms with van der Waals surface area (Å²) in [6.07, 6.45) is 7.22. The second kappa shape index (κ2) is 8.74. The van der Waals surface area contributed by atoms with Crippen LogP contribution in [-0.4, -0.2) is 68.1 Å². The molecule has 1 saturated heterocycles. The summed E-state index contributed by atoms with van der Waals surface area (Å²) in [5.74, 6) is 2.81. The number of hydrogen-bond acceptors (Lipinski definition) is 4. The molecule has 2 saturated carbocycles. The van der Waals surface area contributed by atoms with E-state index in [1.165, 1.54) is 38.5 Å². The average molecular weight is 487 g/mol. The molecule has 1 aliphatic heterocycles. The van der Waals surface area contributed by atoms with Gasteiger partial charge in [0.1, 0.15) is 12.4 Å². The van der Waals surface area contributed by atoms with Gasteiger partial charge in [0, 0.05) is 32.2 Å². The van der Waals surface area contributed by atoms with Crippen molar-refractivity contribution in [1.29, 1.82) is 0 Å². The highest BCUT2D eigenvalue weighted by Gasteiger charge is 2.36. The Hall–Kier alpha value is -1.39. The summed E-state index contributed by atoms with van der Waals surface area (Å²) in [6.45, 7) is 4.49. The molecule has 3 fully saturated rings. The monoisotopic (exact) mass is 487 g/mol. The Morgan fingerprint density at radius 1 is 1.19 bits per heavy atom. The van der Waals surface area contributed by atoms with Crippen LogP contribution in [0.25, 0.3) is 0 Å². The van der Waals surface area contributed by atoms with E-state index < -0.39 is 0 Å². The molecule has 1 aromatic heterocycles. The molecular formula is C18H30IN7O. The molecule has 0 radical (unpaired) electrons. The lowest BCUT2D eigenvalue weighted by molar-refractivity contribution is -0.135. The van der Waals surface area contributed by atoms with Gasteiger partial charge in [-0.3, -0.25) is 4.79 Å². The fraction of sp³-hybridized carbons (Fsp3) is 0.778. The van der Waals surface area contributed by atoms with Crippen molar-refractivity contribution in [3.63, 3.8) is 0 Å². The summed E-state index contributed by atoms with van der Waals surface area (Å²) < 4.78 is 1.97. The van der Waals surface area contributed by atoms with Crippen LogP contribution in [0, 0.1) is 6.92 Å². The highest BCUT2D eigenvalue weighted by Crippen LogP contribution is 2.28. The molecule has 8 nitrogen and oxygen atoms in total. The van der Waals surface area contributed by atoms with Gasteiger partial charge in [0.2, 0.25) is 5.91 Å². The molecule has 3 aliphatic rings. The molecule has 1 aromatic rings. The maximum atomic E-state index is 12.5. The van der Waals surface area contributed by atoms with Gasteiger partial charge in [-0.15, -0.1) is 34.2 Å². The molecule has 0 bridgehead atoms.